The van der Waals surface area contributed by atoms with Crippen molar-refractivity contribution in [2.24, 2.45) is 0 Å². The van der Waals surface area contributed by atoms with Gasteiger partial charge >= 0.3 is 0 Å². The number of carbonyl (C=O) groups excluding carboxylic acids is 1. The van der Waals surface area contributed by atoms with Crippen LogP contribution in [0.3, 0.4) is 0 Å². The molecule has 19 heteroatoms. The minimum absolute atomic E-state index is 0.243. The first-order chi connectivity index (χ1) is 49.8. The Bertz CT molecular complexity index is 2220. The second-order valence-electron chi connectivity index (χ2n) is 28.5. The van der Waals surface area contributed by atoms with Crippen LogP contribution >= 0.6 is 0 Å². The number of aliphatic hydroxyl groups excluding tert-OH is 11. The van der Waals surface area contributed by atoms with Gasteiger partial charge in [0.05, 0.1) is 38.6 Å². The monoisotopic (exact) mass is 1440 g/mol. The highest BCUT2D eigenvalue weighted by Crippen LogP contribution is 2.33. The normalized spacial score (nSPS) is 26.7. The number of carbonyl (C=O) groups is 1. The van der Waals surface area contributed by atoms with Crippen LogP contribution in [0.5, 0.6) is 0 Å². The minimum Gasteiger partial charge on any atom is -0.394 e. The van der Waals surface area contributed by atoms with Gasteiger partial charge in [-0.2, -0.15) is 0 Å². The van der Waals surface area contributed by atoms with E-state index < -0.39 is 124 Å². The fourth-order valence-electron chi connectivity index (χ4n) is 13.2. The number of amides is 1. The van der Waals surface area contributed by atoms with E-state index in [0.717, 1.165) is 96.3 Å². The molecule has 0 radical (unpaired) electrons. The van der Waals surface area contributed by atoms with Crippen LogP contribution in [-0.2, 0) is 33.2 Å². The highest BCUT2D eigenvalue weighted by Gasteiger charge is 2.54. The fourth-order valence-corrected chi connectivity index (χ4v) is 13.2. The Hall–Kier alpha value is -3.29. The number of nitrogens with one attached hydrogen (secondary N) is 1. The third-order valence-electron chi connectivity index (χ3n) is 19.7. The quantitative estimate of drug-likeness (QED) is 0.0199. The second kappa shape index (κ2) is 62.7. The van der Waals surface area contributed by atoms with E-state index in [4.69, 9.17) is 28.4 Å². The number of aliphatic hydroxyl groups is 11. The van der Waals surface area contributed by atoms with E-state index in [1.807, 2.05) is 0 Å². The first-order valence-electron chi connectivity index (χ1n) is 40.5. The molecule has 0 saturated carbocycles. The average Bonchev–Trinajstić information content (AvgIpc) is 0.755. The molecule has 590 valence electrons. The number of rotatable bonds is 63. The maximum Gasteiger partial charge on any atom is 0.220 e. The van der Waals surface area contributed by atoms with E-state index in [2.05, 4.69) is 116 Å². The smallest absolute Gasteiger partial charge is 0.220 e. The van der Waals surface area contributed by atoms with Crippen molar-refractivity contribution in [1.82, 2.24) is 5.32 Å². The van der Waals surface area contributed by atoms with Crippen molar-refractivity contribution in [1.29, 1.82) is 0 Å². The highest BCUT2D eigenvalue weighted by atomic mass is 16.8. The van der Waals surface area contributed by atoms with Crippen molar-refractivity contribution in [2.45, 2.75) is 394 Å². The molecule has 0 aromatic heterocycles. The van der Waals surface area contributed by atoms with Crippen LogP contribution in [0.1, 0.15) is 290 Å². The van der Waals surface area contributed by atoms with Crippen LogP contribution in [0.15, 0.2) is 97.2 Å². The summed E-state index contributed by atoms with van der Waals surface area (Å²) in [6.45, 7) is 1.70. The summed E-state index contributed by atoms with van der Waals surface area (Å²) < 4.78 is 34.5. The summed E-state index contributed by atoms with van der Waals surface area (Å²) in [7, 11) is 0. The molecular formula is C83H145NO18. The fraction of sp³-hybridized carbons (Fsp3) is 0.795. The molecule has 0 bridgehead atoms. The van der Waals surface area contributed by atoms with Crippen molar-refractivity contribution in [2.75, 3.05) is 26.4 Å². The molecule has 0 aromatic rings. The maximum absolute atomic E-state index is 13.5. The zero-order valence-electron chi connectivity index (χ0n) is 63.1. The van der Waals surface area contributed by atoms with E-state index in [-0.39, 0.29) is 18.9 Å². The van der Waals surface area contributed by atoms with Crippen LogP contribution in [0, 0.1) is 0 Å². The van der Waals surface area contributed by atoms with Crippen LogP contribution in [-0.4, -0.2) is 193 Å². The lowest BCUT2D eigenvalue weighted by Crippen LogP contribution is -2.66. The Balaban J connectivity index is 1.30. The summed E-state index contributed by atoms with van der Waals surface area (Å²) in [5.74, 6) is -0.243. The van der Waals surface area contributed by atoms with Crippen LogP contribution in [0.25, 0.3) is 0 Å². The summed E-state index contributed by atoms with van der Waals surface area (Å²) in [5.41, 5.74) is 0. The van der Waals surface area contributed by atoms with Gasteiger partial charge in [-0.3, -0.25) is 4.79 Å². The molecule has 102 heavy (non-hydrogen) atoms. The molecule has 12 N–H and O–H groups in total. The first kappa shape index (κ1) is 92.9. The summed E-state index contributed by atoms with van der Waals surface area (Å²) in [4.78, 5) is 13.5. The van der Waals surface area contributed by atoms with Gasteiger partial charge in [-0.05, 0) is 77.0 Å². The van der Waals surface area contributed by atoms with Gasteiger partial charge in [0.1, 0.15) is 73.2 Å². The summed E-state index contributed by atoms with van der Waals surface area (Å²) in [5, 5.41) is 121. The zero-order chi connectivity index (χ0) is 73.9. The van der Waals surface area contributed by atoms with E-state index in [9.17, 15) is 61.0 Å². The zero-order valence-corrected chi connectivity index (χ0v) is 63.1. The number of hydrogen-bond donors (Lipinski definition) is 12. The molecular weight excluding hydrogens is 1300 g/mol. The molecule has 0 spiro atoms. The lowest BCUT2D eigenvalue weighted by Gasteiger charge is -2.48. The molecule has 3 rings (SSSR count). The molecule has 0 aromatic carbocycles. The van der Waals surface area contributed by atoms with Gasteiger partial charge in [0, 0.05) is 6.42 Å². The SMILES string of the molecule is CC/C=C\C/C=C\C/C=C\C/C=C\C/C=C\C/C=C\C/C=C\C/C=C\CCCCCCCCCCCCCCCCCCC(=O)NC(COC1OC(CO)C(OC2OC(CO)C(OC3OC(CO)C(O)C(O)C3O)C(O)C2O)C(O)C1O)C(O)CCCCCCCCCCCCCCCCCC. The van der Waals surface area contributed by atoms with Crippen molar-refractivity contribution < 1.29 is 89.4 Å². The molecule has 3 heterocycles. The van der Waals surface area contributed by atoms with Gasteiger partial charge in [-0.1, -0.05) is 304 Å². The minimum atomic E-state index is -1.97. The number of allylic oxidation sites excluding steroid dienone is 16. The van der Waals surface area contributed by atoms with Gasteiger partial charge in [0.25, 0.3) is 0 Å². The standard InChI is InChI=1S/C83H145NO18/c1-3-5-7-9-11-13-15-17-19-21-22-23-24-25-26-27-28-29-30-31-32-33-34-35-36-37-38-39-40-41-42-43-44-45-47-49-51-53-55-57-59-61-71(89)84-66(67(88)60-58-56-54-52-50-48-46-20-18-16-14-12-10-8-6-4-2)65-97-81-77(95)74(92)79(69(63-86)99-81)102-83-78(96)75(93)80(70(64-87)100-83)101-82-76(94)73(91)72(90)68(62-85)98-82/h5,7,11,13,17,19,22-23,25-26,28-29,31-32,34-35,66-70,72-83,85-88,90-96H,3-4,6,8-10,12,14-16,18,20-21,24,27,30,33,36-65H2,1-2H3,(H,84,89)/b7-5-,13-11-,19-17-,23-22-,26-25-,29-28-,32-31-,35-34-. The van der Waals surface area contributed by atoms with Gasteiger partial charge in [0.2, 0.25) is 5.91 Å². The molecule has 17 atom stereocenters. The lowest BCUT2D eigenvalue weighted by atomic mass is 9.96. The Morgan fingerprint density at radius 3 is 1.06 bits per heavy atom. The topological polar surface area (TPSA) is 307 Å². The summed E-state index contributed by atoms with van der Waals surface area (Å²) in [6.07, 6.45) is 57.9. The predicted octanol–water partition coefficient (Wildman–Crippen LogP) is 13.6. The van der Waals surface area contributed by atoms with Crippen LogP contribution in [0.2, 0.25) is 0 Å². The Morgan fingerprint density at radius 1 is 0.363 bits per heavy atom. The van der Waals surface area contributed by atoms with Crippen LogP contribution in [0.4, 0.5) is 0 Å². The van der Waals surface area contributed by atoms with Crippen molar-refractivity contribution in [3.05, 3.63) is 97.2 Å². The highest BCUT2D eigenvalue weighted by molar-refractivity contribution is 5.76. The van der Waals surface area contributed by atoms with E-state index in [1.54, 1.807) is 0 Å². The lowest BCUT2D eigenvalue weighted by molar-refractivity contribution is -0.379. The molecule has 19 nitrogen and oxygen atoms in total. The maximum atomic E-state index is 13.5. The Morgan fingerprint density at radius 2 is 0.676 bits per heavy atom. The van der Waals surface area contributed by atoms with Crippen molar-refractivity contribution >= 4 is 5.91 Å². The van der Waals surface area contributed by atoms with Gasteiger partial charge in [0.15, 0.2) is 18.9 Å². The molecule has 3 saturated heterocycles. The van der Waals surface area contributed by atoms with Crippen molar-refractivity contribution in [3.63, 3.8) is 0 Å². The molecule has 3 aliphatic heterocycles. The summed E-state index contributed by atoms with van der Waals surface area (Å²) >= 11 is 0. The van der Waals surface area contributed by atoms with Gasteiger partial charge in [-0.25, -0.2) is 0 Å². The number of hydrogen-bond acceptors (Lipinski definition) is 18. The van der Waals surface area contributed by atoms with Gasteiger partial charge in [-0.15, -0.1) is 0 Å². The Labute approximate surface area is 615 Å². The largest absolute Gasteiger partial charge is 0.394 e. The molecule has 3 fully saturated rings. The van der Waals surface area contributed by atoms with E-state index in [1.165, 1.54) is 161 Å². The second-order valence-corrected chi connectivity index (χ2v) is 28.5. The molecule has 0 aliphatic carbocycles. The summed E-state index contributed by atoms with van der Waals surface area (Å²) in [6, 6.07) is -0.891. The first-order valence-corrected chi connectivity index (χ1v) is 40.5. The number of unbranched alkanes of at least 4 members (excludes halogenated alkanes) is 31. The van der Waals surface area contributed by atoms with Crippen LogP contribution < -0.4 is 5.32 Å². The number of ether oxygens (including phenoxy) is 6. The molecule has 17 unspecified atom stereocenters. The average molecular weight is 1450 g/mol. The van der Waals surface area contributed by atoms with Crippen molar-refractivity contribution in [3.8, 4) is 0 Å². The predicted molar refractivity (Wildman–Crippen MR) is 406 cm³/mol. The molecule has 3 aliphatic rings. The molecule has 1 amide bonds. The van der Waals surface area contributed by atoms with E-state index >= 15 is 0 Å². The van der Waals surface area contributed by atoms with E-state index in [0.29, 0.717) is 12.8 Å². The Kier molecular flexibility index (Phi) is 57.1. The third-order valence-corrected chi connectivity index (χ3v) is 19.7. The third kappa shape index (κ3) is 42.3. The van der Waals surface area contributed by atoms with Gasteiger partial charge < -0.3 is 89.9 Å².